The second kappa shape index (κ2) is 7.15. The molecule has 0 aliphatic carbocycles. The molecule has 1 amide bonds. The standard InChI is InChI=1S/C10H17NO3/c1-8(2)11-10(13)14-7-9(3)5-4-6-12/h4-5,8,12H,3,6-7H2,1-2H3,(H,11,13). The zero-order chi connectivity index (χ0) is 11.0. The third-order valence-electron chi connectivity index (χ3n) is 1.25. The van der Waals surface area contributed by atoms with Crippen LogP contribution in [0.4, 0.5) is 4.79 Å². The molecular formula is C10H17NO3. The predicted molar refractivity (Wildman–Crippen MR) is 55.0 cm³/mol. The Kier molecular flexibility index (Phi) is 6.49. The third kappa shape index (κ3) is 7.36. The summed E-state index contributed by atoms with van der Waals surface area (Å²) in [6, 6.07) is 0.0590. The minimum absolute atomic E-state index is 0.0444. The fraction of sp³-hybridized carbons (Fsp3) is 0.500. The average molecular weight is 199 g/mol. The zero-order valence-electron chi connectivity index (χ0n) is 8.62. The molecule has 0 fully saturated rings. The number of carbonyl (C=O) groups is 1. The molecule has 0 aromatic rings. The summed E-state index contributed by atoms with van der Waals surface area (Å²) in [4.78, 5) is 11.0. The lowest BCUT2D eigenvalue weighted by Crippen LogP contribution is -2.31. The van der Waals surface area contributed by atoms with E-state index in [2.05, 4.69) is 11.9 Å². The molecule has 0 unspecified atom stereocenters. The van der Waals surface area contributed by atoms with E-state index in [0.717, 1.165) is 0 Å². The summed E-state index contributed by atoms with van der Waals surface area (Å²) in [5, 5.41) is 11.0. The number of nitrogens with one attached hydrogen (secondary N) is 1. The lowest BCUT2D eigenvalue weighted by atomic mass is 10.3. The Morgan fingerprint density at radius 1 is 1.64 bits per heavy atom. The van der Waals surface area contributed by atoms with Gasteiger partial charge in [-0.15, -0.1) is 0 Å². The molecule has 80 valence electrons. The van der Waals surface area contributed by atoms with E-state index in [4.69, 9.17) is 9.84 Å². The maximum Gasteiger partial charge on any atom is 0.407 e. The molecule has 4 heteroatoms. The molecule has 0 saturated carbocycles. The number of hydrogen-bond acceptors (Lipinski definition) is 3. The zero-order valence-corrected chi connectivity index (χ0v) is 8.62. The third-order valence-corrected chi connectivity index (χ3v) is 1.25. The number of hydrogen-bond donors (Lipinski definition) is 2. The lowest BCUT2D eigenvalue weighted by molar-refractivity contribution is 0.154. The van der Waals surface area contributed by atoms with E-state index in [-0.39, 0.29) is 19.3 Å². The van der Waals surface area contributed by atoms with Crippen LogP contribution in [0.15, 0.2) is 24.3 Å². The van der Waals surface area contributed by atoms with Crippen LogP contribution in [0, 0.1) is 0 Å². The fourth-order valence-electron chi connectivity index (χ4n) is 0.703. The topological polar surface area (TPSA) is 58.6 Å². The second-order valence-corrected chi connectivity index (χ2v) is 3.12. The van der Waals surface area contributed by atoms with Gasteiger partial charge in [0.15, 0.2) is 0 Å². The van der Waals surface area contributed by atoms with E-state index in [1.54, 1.807) is 6.08 Å². The quantitative estimate of drug-likeness (QED) is 0.655. The Morgan fingerprint density at radius 3 is 2.79 bits per heavy atom. The number of alkyl carbamates (subject to hydrolysis) is 1. The summed E-state index contributed by atoms with van der Waals surface area (Å²) in [6.07, 6.45) is 2.69. The van der Waals surface area contributed by atoms with Crippen LogP contribution in [-0.4, -0.2) is 30.5 Å². The van der Waals surface area contributed by atoms with E-state index < -0.39 is 6.09 Å². The van der Waals surface area contributed by atoms with Crippen LogP contribution in [0.25, 0.3) is 0 Å². The maximum atomic E-state index is 11.0. The molecule has 0 aromatic heterocycles. The molecule has 0 aromatic carbocycles. The van der Waals surface area contributed by atoms with E-state index in [1.165, 1.54) is 6.08 Å². The van der Waals surface area contributed by atoms with E-state index >= 15 is 0 Å². The highest BCUT2D eigenvalue weighted by molar-refractivity contribution is 5.67. The van der Waals surface area contributed by atoms with Crippen LogP contribution >= 0.6 is 0 Å². The number of amides is 1. The lowest BCUT2D eigenvalue weighted by Gasteiger charge is -2.08. The number of rotatable bonds is 5. The SMILES string of the molecule is C=C(C=CCO)COC(=O)NC(C)C. The van der Waals surface area contributed by atoms with Crippen molar-refractivity contribution in [1.82, 2.24) is 5.32 Å². The van der Waals surface area contributed by atoms with Gasteiger partial charge in [0.25, 0.3) is 0 Å². The molecule has 0 atom stereocenters. The molecule has 0 heterocycles. The van der Waals surface area contributed by atoms with Crippen molar-refractivity contribution in [2.24, 2.45) is 0 Å². The van der Waals surface area contributed by atoms with Gasteiger partial charge in [0.2, 0.25) is 0 Å². The first-order chi connectivity index (χ1) is 6.56. The van der Waals surface area contributed by atoms with Crippen LogP contribution in [0.1, 0.15) is 13.8 Å². The van der Waals surface area contributed by atoms with Gasteiger partial charge in [0.1, 0.15) is 6.61 Å². The van der Waals surface area contributed by atoms with Gasteiger partial charge < -0.3 is 15.2 Å². The first kappa shape index (κ1) is 12.7. The van der Waals surface area contributed by atoms with Crippen molar-refractivity contribution in [2.45, 2.75) is 19.9 Å². The summed E-state index contributed by atoms with van der Waals surface area (Å²) in [6.45, 7) is 7.43. The number of carbonyl (C=O) groups excluding carboxylic acids is 1. The molecule has 2 N–H and O–H groups in total. The predicted octanol–water partition coefficient (Wildman–Crippen LogP) is 1.23. The summed E-state index contributed by atoms with van der Waals surface area (Å²) in [7, 11) is 0. The maximum absolute atomic E-state index is 11.0. The highest BCUT2D eigenvalue weighted by Gasteiger charge is 2.02. The summed E-state index contributed by atoms with van der Waals surface area (Å²) < 4.78 is 4.83. The van der Waals surface area contributed by atoms with Gasteiger partial charge in [-0.3, -0.25) is 0 Å². The van der Waals surface area contributed by atoms with Crippen LogP contribution in [0.3, 0.4) is 0 Å². The molecule has 4 nitrogen and oxygen atoms in total. The average Bonchev–Trinajstić information content (AvgIpc) is 2.10. The highest BCUT2D eigenvalue weighted by atomic mass is 16.5. The van der Waals surface area contributed by atoms with Crippen molar-refractivity contribution < 1.29 is 14.6 Å². The van der Waals surface area contributed by atoms with Crippen LogP contribution < -0.4 is 5.32 Å². The summed E-state index contributed by atoms with van der Waals surface area (Å²) in [5.74, 6) is 0. The minimum atomic E-state index is -0.460. The van der Waals surface area contributed by atoms with E-state index in [1.807, 2.05) is 13.8 Å². The molecule has 0 bridgehead atoms. The van der Waals surface area contributed by atoms with Gasteiger partial charge in [0, 0.05) is 6.04 Å². The molecular weight excluding hydrogens is 182 g/mol. The Hall–Kier alpha value is -1.29. The van der Waals surface area contributed by atoms with Crippen molar-refractivity contribution in [1.29, 1.82) is 0 Å². The number of aliphatic hydroxyl groups excluding tert-OH is 1. The van der Waals surface area contributed by atoms with Gasteiger partial charge in [-0.1, -0.05) is 18.7 Å². The Balaban J connectivity index is 3.66. The van der Waals surface area contributed by atoms with E-state index in [9.17, 15) is 4.79 Å². The van der Waals surface area contributed by atoms with Crippen molar-refractivity contribution in [3.05, 3.63) is 24.3 Å². The highest BCUT2D eigenvalue weighted by Crippen LogP contribution is 1.94. The van der Waals surface area contributed by atoms with Crippen LogP contribution in [-0.2, 0) is 4.74 Å². The summed E-state index contributed by atoms with van der Waals surface area (Å²) in [5.41, 5.74) is 0.637. The first-order valence-corrected chi connectivity index (χ1v) is 4.44. The van der Waals surface area contributed by atoms with Gasteiger partial charge in [-0.25, -0.2) is 4.79 Å². The van der Waals surface area contributed by atoms with Crippen molar-refractivity contribution in [3.63, 3.8) is 0 Å². The van der Waals surface area contributed by atoms with Gasteiger partial charge >= 0.3 is 6.09 Å². The van der Waals surface area contributed by atoms with Gasteiger partial charge in [-0.2, -0.15) is 0 Å². The molecule has 0 aliphatic rings. The summed E-state index contributed by atoms with van der Waals surface area (Å²) >= 11 is 0. The van der Waals surface area contributed by atoms with Crippen molar-refractivity contribution >= 4 is 6.09 Å². The minimum Gasteiger partial charge on any atom is -0.445 e. The molecule has 14 heavy (non-hydrogen) atoms. The molecule has 0 radical (unpaired) electrons. The molecule has 0 rings (SSSR count). The van der Waals surface area contributed by atoms with Gasteiger partial charge in [-0.05, 0) is 19.4 Å². The van der Waals surface area contributed by atoms with Crippen LogP contribution in [0.5, 0.6) is 0 Å². The molecule has 0 spiro atoms. The number of aliphatic hydroxyl groups is 1. The fourth-order valence-corrected chi connectivity index (χ4v) is 0.703. The van der Waals surface area contributed by atoms with Crippen molar-refractivity contribution in [2.75, 3.05) is 13.2 Å². The second-order valence-electron chi connectivity index (χ2n) is 3.12. The van der Waals surface area contributed by atoms with Gasteiger partial charge in [0.05, 0.1) is 6.61 Å². The smallest absolute Gasteiger partial charge is 0.407 e. The largest absolute Gasteiger partial charge is 0.445 e. The first-order valence-electron chi connectivity index (χ1n) is 4.44. The monoisotopic (exact) mass is 199 g/mol. The Labute approximate surface area is 84.3 Å². The number of ether oxygens (including phenoxy) is 1. The molecule has 0 saturated heterocycles. The normalized spacial score (nSPS) is 10.6. The van der Waals surface area contributed by atoms with E-state index in [0.29, 0.717) is 5.57 Å². The van der Waals surface area contributed by atoms with Crippen molar-refractivity contribution in [3.8, 4) is 0 Å². The molecule has 0 aliphatic heterocycles. The Bertz CT molecular complexity index is 221. The van der Waals surface area contributed by atoms with Crippen LogP contribution in [0.2, 0.25) is 0 Å². The Morgan fingerprint density at radius 2 is 2.29 bits per heavy atom.